The zero-order chi connectivity index (χ0) is 19.6. The van der Waals surface area contributed by atoms with Crippen LogP contribution >= 0.6 is 35.4 Å². The van der Waals surface area contributed by atoms with Gasteiger partial charge in [-0.3, -0.25) is 10.1 Å². The largest absolute Gasteiger partial charge is 0.490 e. The summed E-state index contributed by atoms with van der Waals surface area (Å²) in [4.78, 5) is 12.5. The second kappa shape index (κ2) is 11.1. The number of carbonyl (C=O) groups excluding carboxylic acids is 1. The molecular formula is C19H20Cl2N2O3S. The lowest BCUT2D eigenvalue weighted by Crippen LogP contribution is -2.39. The topological polar surface area (TPSA) is 59.6 Å². The maximum atomic E-state index is 12.5. The molecule has 144 valence electrons. The summed E-state index contributed by atoms with van der Waals surface area (Å²) in [6.07, 6.45) is 0. The van der Waals surface area contributed by atoms with E-state index >= 15 is 0 Å². The van der Waals surface area contributed by atoms with Crippen LogP contribution < -0.4 is 15.4 Å². The highest BCUT2D eigenvalue weighted by Crippen LogP contribution is 2.21. The van der Waals surface area contributed by atoms with Gasteiger partial charge >= 0.3 is 0 Å². The molecule has 0 unspecified atom stereocenters. The molecule has 2 N–H and O–H groups in total. The number of carbonyl (C=O) groups is 1. The molecule has 5 nitrogen and oxygen atoms in total. The van der Waals surface area contributed by atoms with Crippen molar-refractivity contribution in [2.75, 3.05) is 19.8 Å². The van der Waals surface area contributed by atoms with Crippen molar-refractivity contribution in [3.05, 3.63) is 63.6 Å². The maximum absolute atomic E-state index is 12.5. The van der Waals surface area contributed by atoms with Crippen LogP contribution in [0.15, 0.2) is 42.5 Å². The van der Waals surface area contributed by atoms with Crippen LogP contribution in [0.1, 0.15) is 22.8 Å². The summed E-state index contributed by atoms with van der Waals surface area (Å²) >= 11 is 17.2. The number of thiocarbonyl (C=S) groups is 1. The number of para-hydroxylation sites is 1. The standard InChI is InChI=1S/C19H20Cl2N2O3S/c1-2-25-9-10-26-17-6-4-3-5-15(17)18(24)23-19(27)22-12-13-7-8-14(20)11-16(13)21/h3-8,11H,2,9-10,12H2,1H3,(H2,22,23,24,27). The van der Waals surface area contributed by atoms with Crippen molar-refractivity contribution in [3.63, 3.8) is 0 Å². The van der Waals surface area contributed by atoms with Crippen LogP contribution in [0.25, 0.3) is 0 Å². The van der Waals surface area contributed by atoms with Crippen molar-refractivity contribution in [1.29, 1.82) is 0 Å². The third-order valence-corrected chi connectivity index (χ3v) is 4.34. The van der Waals surface area contributed by atoms with E-state index in [4.69, 9.17) is 44.9 Å². The Hall–Kier alpha value is -1.86. The molecule has 0 saturated carbocycles. The molecule has 0 atom stereocenters. The van der Waals surface area contributed by atoms with Crippen molar-refractivity contribution >= 4 is 46.4 Å². The predicted molar refractivity (Wildman–Crippen MR) is 112 cm³/mol. The van der Waals surface area contributed by atoms with Gasteiger partial charge in [-0.15, -0.1) is 0 Å². The van der Waals surface area contributed by atoms with Crippen molar-refractivity contribution in [2.45, 2.75) is 13.5 Å². The van der Waals surface area contributed by atoms with E-state index in [0.29, 0.717) is 47.7 Å². The number of hydrogen-bond donors (Lipinski definition) is 2. The van der Waals surface area contributed by atoms with Crippen molar-refractivity contribution in [3.8, 4) is 5.75 Å². The van der Waals surface area contributed by atoms with Crippen LogP contribution in [-0.4, -0.2) is 30.8 Å². The van der Waals surface area contributed by atoms with E-state index in [1.54, 1.807) is 42.5 Å². The SMILES string of the molecule is CCOCCOc1ccccc1C(=O)NC(=S)NCc1ccc(Cl)cc1Cl. The van der Waals surface area contributed by atoms with Gasteiger partial charge in [-0.2, -0.15) is 0 Å². The van der Waals surface area contributed by atoms with Gasteiger partial charge in [-0.1, -0.05) is 41.4 Å². The van der Waals surface area contributed by atoms with Gasteiger partial charge in [-0.25, -0.2) is 0 Å². The smallest absolute Gasteiger partial charge is 0.261 e. The molecular weight excluding hydrogens is 407 g/mol. The fourth-order valence-corrected chi connectivity index (χ4v) is 2.83. The Balaban J connectivity index is 1.91. The summed E-state index contributed by atoms with van der Waals surface area (Å²) in [7, 11) is 0. The number of halogens is 2. The molecule has 0 saturated heterocycles. The molecule has 0 heterocycles. The van der Waals surface area contributed by atoms with E-state index in [9.17, 15) is 4.79 Å². The Morgan fingerprint density at radius 3 is 2.67 bits per heavy atom. The van der Waals surface area contributed by atoms with Gasteiger partial charge in [-0.05, 0) is 49.0 Å². The minimum atomic E-state index is -0.360. The highest BCUT2D eigenvalue weighted by molar-refractivity contribution is 7.80. The molecule has 0 aliphatic carbocycles. The fourth-order valence-electron chi connectivity index (χ4n) is 2.19. The summed E-state index contributed by atoms with van der Waals surface area (Å²) in [5, 5.41) is 6.86. The summed E-state index contributed by atoms with van der Waals surface area (Å²) in [6.45, 7) is 3.70. The zero-order valence-electron chi connectivity index (χ0n) is 14.8. The van der Waals surface area contributed by atoms with Crippen molar-refractivity contribution < 1.29 is 14.3 Å². The van der Waals surface area contributed by atoms with Crippen LogP contribution in [0.5, 0.6) is 5.75 Å². The minimum absolute atomic E-state index is 0.190. The highest BCUT2D eigenvalue weighted by atomic mass is 35.5. The number of nitrogens with one attached hydrogen (secondary N) is 2. The molecule has 0 fully saturated rings. The third-order valence-electron chi connectivity index (χ3n) is 3.50. The average molecular weight is 427 g/mol. The monoisotopic (exact) mass is 426 g/mol. The van der Waals surface area contributed by atoms with Crippen LogP contribution in [0.4, 0.5) is 0 Å². The average Bonchev–Trinajstić information content (AvgIpc) is 2.65. The highest BCUT2D eigenvalue weighted by Gasteiger charge is 2.13. The molecule has 0 spiro atoms. The first-order chi connectivity index (χ1) is 13.0. The van der Waals surface area contributed by atoms with Gasteiger partial charge in [0.15, 0.2) is 5.11 Å². The van der Waals surface area contributed by atoms with Crippen molar-refractivity contribution in [2.24, 2.45) is 0 Å². The summed E-state index contributed by atoms with van der Waals surface area (Å²) in [5.41, 5.74) is 1.21. The van der Waals surface area contributed by atoms with Gasteiger partial charge in [0.1, 0.15) is 12.4 Å². The number of benzene rings is 2. The first-order valence-corrected chi connectivity index (χ1v) is 9.50. The fraction of sp³-hybridized carbons (Fsp3) is 0.263. The molecule has 0 bridgehead atoms. The zero-order valence-corrected chi connectivity index (χ0v) is 17.1. The number of ether oxygens (including phenoxy) is 2. The summed E-state index contributed by atoms with van der Waals surface area (Å²) < 4.78 is 10.9. The van der Waals surface area contributed by atoms with Gasteiger partial charge in [0.05, 0.1) is 12.2 Å². The first kappa shape index (κ1) is 21.4. The molecule has 0 aromatic heterocycles. The quantitative estimate of drug-likeness (QED) is 0.488. The summed E-state index contributed by atoms with van der Waals surface area (Å²) in [5.74, 6) is 0.111. The number of rotatable bonds is 8. The minimum Gasteiger partial charge on any atom is -0.490 e. The Bertz CT molecular complexity index is 802. The second-order valence-corrected chi connectivity index (χ2v) is 6.67. The van der Waals surface area contributed by atoms with E-state index in [-0.39, 0.29) is 11.0 Å². The third kappa shape index (κ3) is 6.99. The van der Waals surface area contributed by atoms with E-state index in [1.165, 1.54) is 0 Å². The molecule has 2 aromatic rings. The van der Waals surface area contributed by atoms with Crippen molar-refractivity contribution in [1.82, 2.24) is 10.6 Å². The molecule has 2 rings (SSSR count). The molecule has 0 aliphatic rings. The normalized spacial score (nSPS) is 10.3. The van der Waals surface area contributed by atoms with E-state index < -0.39 is 0 Å². The molecule has 0 aliphatic heterocycles. The Kier molecular flexibility index (Phi) is 8.81. The van der Waals surface area contributed by atoms with E-state index in [1.807, 2.05) is 6.92 Å². The Labute approximate surface area is 173 Å². The van der Waals surface area contributed by atoms with Gasteiger partial charge in [0.2, 0.25) is 0 Å². The number of hydrogen-bond acceptors (Lipinski definition) is 4. The molecule has 1 amide bonds. The lowest BCUT2D eigenvalue weighted by atomic mass is 10.2. The van der Waals surface area contributed by atoms with Crippen LogP contribution in [0, 0.1) is 0 Å². The Morgan fingerprint density at radius 1 is 1.15 bits per heavy atom. The Morgan fingerprint density at radius 2 is 1.93 bits per heavy atom. The first-order valence-electron chi connectivity index (χ1n) is 8.34. The van der Waals surface area contributed by atoms with Crippen LogP contribution in [0.3, 0.4) is 0 Å². The molecule has 27 heavy (non-hydrogen) atoms. The number of amides is 1. The molecule has 0 radical (unpaired) electrons. The van der Waals surface area contributed by atoms with Crippen LogP contribution in [0.2, 0.25) is 10.0 Å². The second-order valence-electron chi connectivity index (χ2n) is 5.41. The molecule has 2 aromatic carbocycles. The van der Waals surface area contributed by atoms with E-state index in [0.717, 1.165) is 5.56 Å². The summed E-state index contributed by atoms with van der Waals surface area (Å²) in [6, 6.07) is 12.1. The molecule has 8 heteroatoms. The lowest BCUT2D eigenvalue weighted by molar-refractivity contribution is 0.0957. The maximum Gasteiger partial charge on any atom is 0.261 e. The lowest BCUT2D eigenvalue weighted by Gasteiger charge is -2.13. The van der Waals surface area contributed by atoms with Gasteiger partial charge in [0.25, 0.3) is 5.91 Å². The van der Waals surface area contributed by atoms with Crippen LogP contribution in [-0.2, 0) is 11.3 Å². The van der Waals surface area contributed by atoms with E-state index in [2.05, 4.69) is 10.6 Å². The van der Waals surface area contributed by atoms with Gasteiger partial charge < -0.3 is 14.8 Å². The predicted octanol–water partition coefficient (Wildman–Crippen LogP) is 4.21. The van der Waals surface area contributed by atoms with Gasteiger partial charge in [0, 0.05) is 23.2 Å².